The molecule has 21 heavy (non-hydrogen) atoms. The number of hydrogen-bond donors (Lipinski definition) is 1. The monoisotopic (exact) mass is 300 g/mol. The zero-order valence-corrected chi connectivity index (χ0v) is 14.1. The third-order valence-electron chi connectivity index (χ3n) is 3.88. The van der Waals surface area contributed by atoms with Crippen LogP contribution in [0.5, 0.6) is 0 Å². The summed E-state index contributed by atoms with van der Waals surface area (Å²) in [6, 6.07) is 0.627. The number of amides is 1. The van der Waals surface area contributed by atoms with Gasteiger partial charge in [0.05, 0.1) is 19.3 Å². The van der Waals surface area contributed by atoms with Crippen LogP contribution in [0.25, 0.3) is 0 Å². The van der Waals surface area contributed by atoms with E-state index in [9.17, 15) is 4.79 Å². The molecule has 5 nitrogen and oxygen atoms in total. The van der Waals surface area contributed by atoms with Crippen LogP contribution in [-0.4, -0.2) is 62.4 Å². The molecule has 1 saturated heterocycles. The van der Waals surface area contributed by atoms with E-state index in [1.165, 1.54) is 12.8 Å². The van der Waals surface area contributed by atoms with Crippen molar-refractivity contribution in [2.45, 2.75) is 52.7 Å². The third kappa shape index (κ3) is 8.39. The molecule has 1 rings (SSSR count). The van der Waals surface area contributed by atoms with Crippen LogP contribution < -0.4 is 5.32 Å². The van der Waals surface area contributed by atoms with Crippen molar-refractivity contribution >= 4 is 5.91 Å². The summed E-state index contributed by atoms with van der Waals surface area (Å²) in [4.78, 5) is 14.2. The molecule has 0 aliphatic carbocycles. The van der Waals surface area contributed by atoms with Crippen molar-refractivity contribution in [1.82, 2.24) is 10.2 Å². The lowest BCUT2D eigenvalue weighted by molar-refractivity contribution is -0.126. The molecule has 1 heterocycles. The fraction of sp³-hybridized carbons (Fsp3) is 0.938. The highest BCUT2D eigenvalue weighted by atomic mass is 16.5. The molecule has 0 saturated carbocycles. The molecule has 1 fully saturated rings. The van der Waals surface area contributed by atoms with Gasteiger partial charge in [0, 0.05) is 12.6 Å². The minimum absolute atomic E-state index is 0.0224. The summed E-state index contributed by atoms with van der Waals surface area (Å²) in [5, 5.41) is 2.97. The van der Waals surface area contributed by atoms with Crippen molar-refractivity contribution in [1.29, 1.82) is 0 Å². The average molecular weight is 300 g/mol. The van der Waals surface area contributed by atoms with Crippen molar-refractivity contribution in [2.24, 2.45) is 5.92 Å². The highest BCUT2D eigenvalue weighted by Gasteiger charge is 2.20. The van der Waals surface area contributed by atoms with Crippen LogP contribution in [0.4, 0.5) is 0 Å². The van der Waals surface area contributed by atoms with Gasteiger partial charge < -0.3 is 19.7 Å². The average Bonchev–Trinajstić information content (AvgIpc) is 2.44. The van der Waals surface area contributed by atoms with Gasteiger partial charge in [0.25, 0.3) is 0 Å². The highest BCUT2D eigenvalue weighted by Crippen LogP contribution is 2.17. The number of ether oxygens (including phenoxy) is 2. The van der Waals surface area contributed by atoms with Gasteiger partial charge in [-0.2, -0.15) is 0 Å². The molecular formula is C16H32N2O3. The van der Waals surface area contributed by atoms with Crippen LogP contribution >= 0.6 is 0 Å². The summed E-state index contributed by atoms with van der Waals surface area (Å²) in [5.74, 6) is 0.582. The molecule has 0 aromatic heterocycles. The Labute approximate surface area is 129 Å². The quantitative estimate of drug-likeness (QED) is 0.658. The number of piperidine rings is 1. The van der Waals surface area contributed by atoms with Crippen LogP contribution in [0.2, 0.25) is 0 Å². The first-order chi connectivity index (χ1) is 9.99. The van der Waals surface area contributed by atoms with Crippen LogP contribution in [0.1, 0.15) is 40.5 Å². The van der Waals surface area contributed by atoms with E-state index in [4.69, 9.17) is 9.47 Å². The molecule has 0 aromatic rings. The summed E-state index contributed by atoms with van der Waals surface area (Å²) < 4.78 is 10.6. The topological polar surface area (TPSA) is 50.8 Å². The maximum atomic E-state index is 11.7. The summed E-state index contributed by atoms with van der Waals surface area (Å²) in [7, 11) is 0. The lowest BCUT2D eigenvalue weighted by atomic mass is 9.96. The lowest BCUT2D eigenvalue weighted by Gasteiger charge is -2.34. The normalized spacial score (nSPS) is 17.6. The molecule has 1 amide bonds. The number of nitrogens with zero attached hydrogens (tertiary/aromatic N) is 1. The zero-order chi connectivity index (χ0) is 15.7. The van der Waals surface area contributed by atoms with E-state index < -0.39 is 0 Å². The summed E-state index contributed by atoms with van der Waals surface area (Å²) >= 11 is 0. The number of nitrogens with one attached hydrogen (secondary N) is 1. The lowest BCUT2D eigenvalue weighted by Crippen LogP contribution is -2.42. The molecule has 0 atom stereocenters. The van der Waals surface area contributed by atoms with E-state index in [-0.39, 0.29) is 18.6 Å². The van der Waals surface area contributed by atoms with Gasteiger partial charge in [-0.3, -0.25) is 4.79 Å². The number of rotatable bonds is 9. The Bertz CT molecular complexity index is 287. The summed E-state index contributed by atoms with van der Waals surface area (Å²) in [6.07, 6.45) is 2.54. The zero-order valence-electron chi connectivity index (χ0n) is 14.1. The van der Waals surface area contributed by atoms with E-state index >= 15 is 0 Å². The molecule has 0 bridgehead atoms. The van der Waals surface area contributed by atoms with Crippen molar-refractivity contribution in [2.75, 3.05) is 39.5 Å². The van der Waals surface area contributed by atoms with Gasteiger partial charge >= 0.3 is 0 Å². The van der Waals surface area contributed by atoms with E-state index in [1.807, 2.05) is 13.8 Å². The molecule has 1 N–H and O–H groups in total. The Kier molecular flexibility index (Phi) is 8.88. The van der Waals surface area contributed by atoms with Gasteiger partial charge in [-0.1, -0.05) is 0 Å². The maximum Gasteiger partial charge on any atom is 0.246 e. The predicted molar refractivity (Wildman–Crippen MR) is 84.3 cm³/mol. The summed E-state index contributed by atoms with van der Waals surface area (Å²) in [6.45, 7) is 12.6. The van der Waals surface area contributed by atoms with Gasteiger partial charge in [-0.15, -0.1) is 0 Å². The molecule has 124 valence electrons. The van der Waals surface area contributed by atoms with E-state index in [1.54, 1.807) is 0 Å². The van der Waals surface area contributed by atoms with Crippen molar-refractivity contribution in [3.05, 3.63) is 0 Å². The molecule has 0 aromatic carbocycles. The minimum atomic E-state index is -0.0224. The first-order valence-electron chi connectivity index (χ1n) is 8.19. The second-order valence-corrected chi connectivity index (χ2v) is 6.35. The van der Waals surface area contributed by atoms with E-state index in [0.717, 1.165) is 19.6 Å². The maximum absolute atomic E-state index is 11.7. The highest BCUT2D eigenvalue weighted by molar-refractivity contribution is 5.77. The van der Waals surface area contributed by atoms with Gasteiger partial charge in [-0.25, -0.2) is 0 Å². The molecule has 0 spiro atoms. The SMILES string of the molecule is CC(C)OCCOCC(=O)NCC1CCN(C(C)C)CC1. The van der Waals surface area contributed by atoms with Crippen LogP contribution in [0.15, 0.2) is 0 Å². The smallest absolute Gasteiger partial charge is 0.246 e. The van der Waals surface area contributed by atoms with E-state index in [2.05, 4.69) is 24.1 Å². The van der Waals surface area contributed by atoms with Crippen LogP contribution in [0.3, 0.4) is 0 Å². The number of hydrogen-bond acceptors (Lipinski definition) is 4. The van der Waals surface area contributed by atoms with Crippen LogP contribution in [0, 0.1) is 5.92 Å². The Morgan fingerprint density at radius 1 is 1.19 bits per heavy atom. The Hall–Kier alpha value is -0.650. The second kappa shape index (κ2) is 10.1. The van der Waals surface area contributed by atoms with Crippen molar-refractivity contribution < 1.29 is 14.3 Å². The van der Waals surface area contributed by atoms with Crippen LogP contribution in [-0.2, 0) is 14.3 Å². The van der Waals surface area contributed by atoms with Gasteiger partial charge in [0.15, 0.2) is 0 Å². The first-order valence-corrected chi connectivity index (χ1v) is 8.19. The summed E-state index contributed by atoms with van der Waals surface area (Å²) in [5.41, 5.74) is 0. The van der Waals surface area contributed by atoms with Crippen molar-refractivity contribution in [3.8, 4) is 0 Å². The minimum Gasteiger partial charge on any atom is -0.376 e. The Morgan fingerprint density at radius 2 is 1.86 bits per heavy atom. The molecule has 1 aliphatic rings. The standard InChI is InChI=1S/C16H32N2O3/c1-13(2)18-7-5-15(6-8-18)11-17-16(19)12-20-9-10-21-14(3)4/h13-15H,5-12H2,1-4H3,(H,17,19). The van der Waals surface area contributed by atoms with Crippen molar-refractivity contribution in [3.63, 3.8) is 0 Å². The predicted octanol–water partition coefficient (Wildman–Crippen LogP) is 1.66. The first kappa shape index (κ1) is 18.4. The molecule has 5 heteroatoms. The molecule has 0 radical (unpaired) electrons. The molecule has 0 unspecified atom stereocenters. The Balaban J connectivity index is 2.01. The number of carbonyl (C=O) groups excluding carboxylic acids is 1. The van der Waals surface area contributed by atoms with Gasteiger partial charge in [0.1, 0.15) is 6.61 Å². The van der Waals surface area contributed by atoms with Gasteiger partial charge in [-0.05, 0) is 59.5 Å². The molecule has 1 aliphatic heterocycles. The molecular weight excluding hydrogens is 268 g/mol. The largest absolute Gasteiger partial charge is 0.376 e. The second-order valence-electron chi connectivity index (χ2n) is 6.35. The fourth-order valence-electron chi connectivity index (χ4n) is 2.49. The van der Waals surface area contributed by atoms with E-state index in [0.29, 0.717) is 25.2 Å². The fourth-order valence-corrected chi connectivity index (χ4v) is 2.49. The number of carbonyl (C=O) groups is 1. The third-order valence-corrected chi connectivity index (χ3v) is 3.88. The number of likely N-dealkylation sites (tertiary alicyclic amines) is 1. The Morgan fingerprint density at radius 3 is 2.43 bits per heavy atom. The van der Waals surface area contributed by atoms with Gasteiger partial charge in [0.2, 0.25) is 5.91 Å².